The van der Waals surface area contributed by atoms with E-state index in [1.807, 2.05) is 72.2 Å². The van der Waals surface area contributed by atoms with E-state index >= 15 is 0 Å². The molecule has 5 nitrogen and oxygen atoms in total. The van der Waals surface area contributed by atoms with Crippen molar-refractivity contribution in [2.45, 2.75) is 6.92 Å². The van der Waals surface area contributed by atoms with Crippen LogP contribution in [0.4, 0.5) is 5.69 Å². The van der Waals surface area contributed by atoms with Crippen LogP contribution in [0.5, 0.6) is 5.75 Å². The molecule has 0 atom stereocenters. The van der Waals surface area contributed by atoms with Gasteiger partial charge in [0.1, 0.15) is 11.4 Å². The molecule has 0 unspecified atom stereocenters. The van der Waals surface area contributed by atoms with E-state index in [0.717, 1.165) is 28.2 Å². The van der Waals surface area contributed by atoms with Crippen LogP contribution < -0.4 is 10.1 Å². The molecule has 1 amide bonds. The van der Waals surface area contributed by atoms with Crippen LogP contribution in [0.2, 0.25) is 0 Å². The number of para-hydroxylation sites is 1. The first-order valence-electron chi connectivity index (χ1n) is 8.65. The first-order chi connectivity index (χ1) is 13.2. The Morgan fingerprint density at radius 3 is 2.56 bits per heavy atom. The quantitative estimate of drug-likeness (QED) is 0.582. The molecule has 0 spiro atoms. The fourth-order valence-corrected chi connectivity index (χ4v) is 3.05. The van der Waals surface area contributed by atoms with Crippen LogP contribution in [0.1, 0.15) is 15.9 Å². The highest BCUT2D eigenvalue weighted by molar-refractivity contribution is 6.06. The van der Waals surface area contributed by atoms with Crippen molar-refractivity contribution >= 4 is 17.2 Å². The number of carbonyl (C=O) groups excluding carboxylic acids is 1. The van der Waals surface area contributed by atoms with Gasteiger partial charge >= 0.3 is 0 Å². The van der Waals surface area contributed by atoms with E-state index in [0.29, 0.717) is 11.3 Å². The summed E-state index contributed by atoms with van der Waals surface area (Å²) in [6, 6.07) is 18.9. The van der Waals surface area contributed by atoms with Gasteiger partial charge in [0.2, 0.25) is 0 Å². The summed E-state index contributed by atoms with van der Waals surface area (Å²) in [5.74, 6) is 0.343. The summed E-state index contributed by atoms with van der Waals surface area (Å²) >= 11 is 0. The third-order valence-corrected chi connectivity index (χ3v) is 4.47. The zero-order valence-corrected chi connectivity index (χ0v) is 15.1. The molecule has 1 N–H and O–H groups in total. The lowest BCUT2D eigenvalue weighted by Crippen LogP contribution is -2.12. The monoisotopic (exact) mass is 357 g/mol. The number of methoxy groups -OCH3 is 1. The van der Waals surface area contributed by atoms with E-state index in [1.165, 1.54) is 0 Å². The molecule has 0 aliphatic carbocycles. The number of hydrogen-bond acceptors (Lipinski definition) is 3. The molecule has 2 aromatic carbocycles. The lowest BCUT2D eigenvalue weighted by atomic mass is 10.1. The van der Waals surface area contributed by atoms with Crippen molar-refractivity contribution in [1.29, 1.82) is 0 Å². The molecule has 4 rings (SSSR count). The predicted molar refractivity (Wildman–Crippen MR) is 106 cm³/mol. The fraction of sp³-hybridized carbons (Fsp3) is 0.0909. The number of ether oxygens (including phenoxy) is 1. The normalized spacial score (nSPS) is 10.7. The maximum absolute atomic E-state index is 12.5. The van der Waals surface area contributed by atoms with Crippen LogP contribution in [0.15, 0.2) is 73.1 Å². The minimum atomic E-state index is -0.205. The number of aromatic nitrogens is 2. The summed E-state index contributed by atoms with van der Waals surface area (Å²) in [5.41, 5.74) is 5.18. The number of carbonyl (C=O) groups is 1. The van der Waals surface area contributed by atoms with Gasteiger partial charge in [0.25, 0.3) is 5.91 Å². The highest BCUT2D eigenvalue weighted by atomic mass is 16.5. The number of imidazole rings is 1. The van der Waals surface area contributed by atoms with Crippen LogP contribution in [0.3, 0.4) is 0 Å². The lowest BCUT2D eigenvalue weighted by molar-refractivity contribution is 0.102. The van der Waals surface area contributed by atoms with Gasteiger partial charge in [-0.15, -0.1) is 0 Å². The Labute approximate surface area is 157 Å². The van der Waals surface area contributed by atoms with E-state index in [4.69, 9.17) is 9.72 Å². The number of benzene rings is 2. The van der Waals surface area contributed by atoms with Gasteiger partial charge in [-0.1, -0.05) is 30.3 Å². The van der Waals surface area contributed by atoms with Gasteiger partial charge < -0.3 is 14.5 Å². The summed E-state index contributed by atoms with van der Waals surface area (Å²) < 4.78 is 7.26. The van der Waals surface area contributed by atoms with Gasteiger partial charge in [0.15, 0.2) is 0 Å². The van der Waals surface area contributed by atoms with E-state index in [1.54, 1.807) is 19.2 Å². The second-order valence-corrected chi connectivity index (χ2v) is 6.28. The summed E-state index contributed by atoms with van der Waals surface area (Å²) in [7, 11) is 1.55. The molecule has 0 fully saturated rings. The SMILES string of the molecule is COc1ccccc1C(=O)Nc1ccc(-c2cn3cccc(C)c3n2)cc1. The van der Waals surface area contributed by atoms with Crippen LogP contribution in [-0.2, 0) is 0 Å². The molecular formula is C22H19N3O2. The van der Waals surface area contributed by atoms with Gasteiger partial charge in [0.05, 0.1) is 18.4 Å². The zero-order valence-electron chi connectivity index (χ0n) is 15.1. The van der Waals surface area contributed by atoms with Crippen molar-refractivity contribution in [3.63, 3.8) is 0 Å². The third-order valence-electron chi connectivity index (χ3n) is 4.47. The summed E-state index contributed by atoms with van der Waals surface area (Å²) in [4.78, 5) is 17.2. The Bertz CT molecular complexity index is 1110. The molecule has 134 valence electrons. The molecule has 0 aliphatic heterocycles. The lowest BCUT2D eigenvalue weighted by Gasteiger charge is -2.09. The van der Waals surface area contributed by atoms with Crippen LogP contribution in [-0.4, -0.2) is 22.4 Å². The van der Waals surface area contributed by atoms with Crippen molar-refractivity contribution in [2.75, 3.05) is 12.4 Å². The second-order valence-electron chi connectivity index (χ2n) is 6.28. The van der Waals surface area contributed by atoms with Crippen molar-refractivity contribution in [2.24, 2.45) is 0 Å². The van der Waals surface area contributed by atoms with Crippen molar-refractivity contribution in [3.05, 3.63) is 84.2 Å². The number of rotatable bonds is 4. The van der Waals surface area contributed by atoms with Gasteiger partial charge in [0, 0.05) is 23.6 Å². The van der Waals surface area contributed by atoms with E-state index < -0.39 is 0 Å². The summed E-state index contributed by atoms with van der Waals surface area (Å²) in [6.07, 6.45) is 3.99. The molecule has 0 saturated carbocycles. The fourth-order valence-electron chi connectivity index (χ4n) is 3.05. The molecular weight excluding hydrogens is 338 g/mol. The summed E-state index contributed by atoms with van der Waals surface area (Å²) in [5, 5.41) is 2.90. The summed E-state index contributed by atoms with van der Waals surface area (Å²) in [6.45, 7) is 2.04. The minimum absolute atomic E-state index is 0.205. The maximum atomic E-state index is 12.5. The zero-order chi connectivity index (χ0) is 18.8. The number of pyridine rings is 1. The molecule has 0 aliphatic rings. The topological polar surface area (TPSA) is 55.6 Å². The largest absolute Gasteiger partial charge is 0.496 e. The van der Waals surface area contributed by atoms with Crippen molar-refractivity contribution in [3.8, 4) is 17.0 Å². The van der Waals surface area contributed by atoms with Gasteiger partial charge in [-0.05, 0) is 42.8 Å². The van der Waals surface area contributed by atoms with Crippen molar-refractivity contribution < 1.29 is 9.53 Å². The number of fused-ring (bicyclic) bond motifs is 1. The van der Waals surface area contributed by atoms with Crippen LogP contribution in [0, 0.1) is 6.92 Å². The molecule has 2 heterocycles. The van der Waals surface area contributed by atoms with Crippen molar-refractivity contribution in [1.82, 2.24) is 9.38 Å². The molecule has 4 aromatic rings. The third kappa shape index (κ3) is 3.27. The predicted octanol–water partition coefficient (Wildman–Crippen LogP) is 4.57. The highest BCUT2D eigenvalue weighted by Crippen LogP contribution is 2.24. The Kier molecular flexibility index (Phi) is 4.34. The number of nitrogens with zero attached hydrogens (tertiary/aromatic N) is 2. The Hall–Kier alpha value is -3.60. The van der Waals surface area contributed by atoms with E-state index in [2.05, 4.69) is 5.32 Å². The molecule has 0 saturated heterocycles. The maximum Gasteiger partial charge on any atom is 0.259 e. The number of aryl methyl sites for hydroxylation is 1. The van der Waals surface area contributed by atoms with Gasteiger partial charge in [-0.2, -0.15) is 0 Å². The smallest absolute Gasteiger partial charge is 0.259 e. The standard InChI is InChI=1S/C22H19N3O2/c1-15-6-5-13-25-14-19(24-21(15)25)16-9-11-17(12-10-16)23-22(26)18-7-3-4-8-20(18)27-2/h3-14H,1-2H3,(H,23,26). The van der Waals surface area contributed by atoms with Gasteiger partial charge in [-0.3, -0.25) is 4.79 Å². The van der Waals surface area contributed by atoms with Crippen LogP contribution in [0.25, 0.3) is 16.9 Å². The van der Waals surface area contributed by atoms with Crippen LogP contribution >= 0.6 is 0 Å². The first kappa shape index (κ1) is 16.8. The average molecular weight is 357 g/mol. The number of anilines is 1. The molecule has 27 heavy (non-hydrogen) atoms. The number of amides is 1. The molecule has 2 aromatic heterocycles. The Balaban J connectivity index is 1.56. The molecule has 0 radical (unpaired) electrons. The minimum Gasteiger partial charge on any atom is -0.496 e. The number of hydrogen-bond donors (Lipinski definition) is 1. The first-order valence-corrected chi connectivity index (χ1v) is 8.65. The van der Waals surface area contributed by atoms with Gasteiger partial charge in [-0.25, -0.2) is 4.98 Å². The Morgan fingerprint density at radius 2 is 1.81 bits per heavy atom. The molecule has 0 bridgehead atoms. The Morgan fingerprint density at radius 1 is 1.04 bits per heavy atom. The number of nitrogens with one attached hydrogen (secondary N) is 1. The van der Waals surface area contributed by atoms with E-state index in [9.17, 15) is 4.79 Å². The molecule has 5 heteroatoms. The van der Waals surface area contributed by atoms with E-state index in [-0.39, 0.29) is 5.91 Å². The highest BCUT2D eigenvalue weighted by Gasteiger charge is 2.12. The second kappa shape index (κ2) is 6.96. The average Bonchev–Trinajstić information content (AvgIpc) is 3.14.